The molecule has 1 aliphatic heterocycles. The third kappa shape index (κ3) is 3.10. The van der Waals surface area contributed by atoms with Gasteiger partial charge in [0.05, 0.1) is 24.6 Å². The summed E-state index contributed by atoms with van der Waals surface area (Å²) in [6.07, 6.45) is 4.38. The summed E-state index contributed by atoms with van der Waals surface area (Å²) in [5.41, 5.74) is 1.82. The molecular weight excluding hydrogens is 310 g/mol. The molecule has 0 unspecified atom stereocenters. The lowest BCUT2D eigenvalue weighted by Gasteiger charge is -2.18. The number of carbonyl (C=O) groups excluding carboxylic acids is 2. The van der Waals surface area contributed by atoms with Crippen LogP contribution in [0.3, 0.4) is 0 Å². The summed E-state index contributed by atoms with van der Waals surface area (Å²) in [5.74, 6) is -0.967. The number of carbonyl (C=O) groups is 2. The molecule has 7 nitrogen and oxygen atoms in total. The van der Waals surface area contributed by atoms with E-state index in [1.165, 1.54) is 25.4 Å². The van der Waals surface area contributed by atoms with Gasteiger partial charge in [0.1, 0.15) is 5.75 Å². The summed E-state index contributed by atoms with van der Waals surface area (Å²) in [5, 5.41) is 16.5. The van der Waals surface area contributed by atoms with Crippen molar-refractivity contribution in [3.8, 4) is 5.75 Å². The summed E-state index contributed by atoms with van der Waals surface area (Å²) in [4.78, 5) is 24.7. The number of phenols is 1. The van der Waals surface area contributed by atoms with Gasteiger partial charge < -0.3 is 15.2 Å². The van der Waals surface area contributed by atoms with E-state index >= 15 is 0 Å². The van der Waals surface area contributed by atoms with E-state index in [4.69, 9.17) is 4.74 Å². The Morgan fingerprint density at radius 3 is 2.96 bits per heavy atom. The van der Waals surface area contributed by atoms with Crippen LogP contribution in [0.2, 0.25) is 0 Å². The zero-order valence-corrected chi connectivity index (χ0v) is 13.4. The number of nitrogens with zero attached hydrogens (tertiary/aromatic N) is 2. The van der Waals surface area contributed by atoms with Crippen LogP contribution < -0.4 is 5.32 Å². The number of ether oxygens (including phenoxy) is 1. The molecule has 1 aromatic carbocycles. The number of esters is 1. The Hall–Kier alpha value is -2.83. The Morgan fingerprint density at radius 2 is 2.21 bits per heavy atom. The van der Waals surface area contributed by atoms with Gasteiger partial charge in [-0.05, 0) is 37.0 Å². The maximum absolute atomic E-state index is 12.6. The summed E-state index contributed by atoms with van der Waals surface area (Å²) >= 11 is 0. The first-order valence-electron chi connectivity index (χ1n) is 7.82. The molecule has 1 aromatic heterocycles. The monoisotopic (exact) mass is 329 g/mol. The molecule has 0 aliphatic carbocycles. The lowest BCUT2D eigenvalue weighted by molar-refractivity contribution is -0.143. The number of aromatic hydroxyl groups is 1. The average Bonchev–Trinajstić information content (AvgIpc) is 3.03. The minimum Gasteiger partial charge on any atom is -0.508 e. The molecule has 0 spiro atoms. The fraction of sp³-hybridized carbons (Fsp3) is 0.353. The molecule has 0 saturated carbocycles. The van der Waals surface area contributed by atoms with E-state index in [-0.39, 0.29) is 11.7 Å². The number of rotatable bonds is 4. The summed E-state index contributed by atoms with van der Waals surface area (Å²) < 4.78 is 6.61. The maximum atomic E-state index is 12.6. The van der Waals surface area contributed by atoms with Gasteiger partial charge in [0, 0.05) is 6.54 Å². The summed E-state index contributed by atoms with van der Waals surface area (Å²) in [7, 11) is 1.26. The Labute approximate surface area is 139 Å². The predicted molar refractivity (Wildman–Crippen MR) is 85.5 cm³/mol. The van der Waals surface area contributed by atoms with Crippen LogP contribution in [-0.2, 0) is 22.5 Å². The maximum Gasteiger partial charge on any atom is 0.333 e. The number of methoxy groups -OCH3 is 1. The number of aryl methyl sites for hydroxylation is 1. The molecule has 2 N–H and O–H groups in total. The SMILES string of the molecule is COC(=O)[C@@H](NC(=O)c1cnn2c1CCCC2)c1cccc(O)c1. The van der Waals surface area contributed by atoms with Crippen LogP contribution in [0.1, 0.15) is 40.5 Å². The molecule has 0 bridgehead atoms. The number of benzene rings is 1. The quantitative estimate of drug-likeness (QED) is 0.831. The zero-order chi connectivity index (χ0) is 17.1. The lowest BCUT2D eigenvalue weighted by atomic mass is 10.0. The average molecular weight is 329 g/mol. The molecule has 2 aromatic rings. The Kier molecular flexibility index (Phi) is 4.50. The van der Waals surface area contributed by atoms with Crippen molar-refractivity contribution in [2.45, 2.75) is 31.8 Å². The highest BCUT2D eigenvalue weighted by Crippen LogP contribution is 2.22. The lowest BCUT2D eigenvalue weighted by Crippen LogP contribution is -2.35. The largest absolute Gasteiger partial charge is 0.508 e. The van der Waals surface area contributed by atoms with E-state index in [0.29, 0.717) is 11.1 Å². The van der Waals surface area contributed by atoms with Gasteiger partial charge in [-0.25, -0.2) is 4.79 Å². The van der Waals surface area contributed by atoms with Gasteiger partial charge in [0.15, 0.2) is 6.04 Å². The Bertz CT molecular complexity index is 769. The highest BCUT2D eigenvalue weighted by atomic mass is 16.5. The molecular formula is C17H19N3O4. The van der Waals surface area contributed by atoms with E-state index in [9.17, 15) is 14.7 Å². The minimum atomic E-state index is -0.992. The van der Waals surface area contributed by atoms with Gasteiger partial charge in [0.2, 0.25) is 0 Å². The third-order valence-corrected chi connectivity index (χ3v) is 4.14. The fourth-order valence-electron chi connectivity index (χ4n) is 2.92. The molecule has 1 aliphatic rings. The first kappa shape index (κ1) is 16.0. The van der Waals surface area contributed by atoms with Crippen LogP contribution in [0.4, 0.5) is 0 Å². The van der Waals surface area contributed by atoms with Crippen molar-refractivity contribution >= 4 is 11.9 Å². The Morgan fingerprint density at radius 1 is 1.38 bits per heavy atom. The standard InChI is InChI=1S/C17H19N3O4/c1-24-17(23)15(11-5-4-6-12(21)9-11)19-16(22)13-10-18-20-8-3-2-7-14(13)20/h4-6,9-10,15,21H,2-3,7-8H2,1H3,(H,19,22)/t15-/m0/s1. The van der Waals surface area contributed by atoms with Gasteiger partial charge in [-0.2, -0.15) is 5.10 Å². The van der Waals surface area contributed by atoms with Crippen molar-refractivity contribution in [3.05, 3.63) is 47.3 Å². The van der Waals surface area contributed by atoms with E-state index in [0.717, 1.165) is 31.5 Å². The molecule has 0 radical (unpaired) electrons. The molecule has 3 rings (SSSR count). The molecule has 126 valence electrons. The smallest absolute Gasteiger partial charge is 0.333 e. The van der Waals surface area contributed by atoms with Crippen molar-refractivity contribution in [1.82, 2.24) is 15.1 Å². The number of aromatic nitrogens is 2. The summed E-state index contributed by atoms with van der Waals surface area (Å²) in [6.45, 7) is 0.801. The van der Waals surface area contributed by atoms with Crippen molar-refractivity contribution < 1.29 is 19.4 Å². The van der Waals surface area contributed by atoms with Crippen molar-refractivity contribution in [2.24, 2.45) is 0 Å². The second kappa shape index (κ2) is 6.74. The second-order valence-corrected chi connectivity index (χ2v) is 5.71. The molecule has 0 saturated heterocycles. The highest BCUT2D eigenvalue weighted by Gasteiger charge is 2.27. The zero-order valence-electron chi connectivity index (χ0n) is 13.4. The van der Waals surface area contributed by atoms with Crippen molar-refractivity contribution in [1.29, 1.82) is 0 Å². The van der Waals surface area contributed by atoms with Crippen LogP contribution in [0.5, 0.6) is 5.75 Å². The van der Waals surface area contributed by atoms with Gasteiger partial charge in [0.25, 0.3) is 5.91 Å². The van der Waals surface area contributed by atoms with Crippen LogP contribution in [0, 0.1) is 0 Å². The van der Waals surface area contributed by atoms with Crippen molar-refractivity contribution in [2.75, 3.05) is 7.11 Å². The highest BCUT2D eigenvalue weighted by molar-refractivity contribution is 5.97. The number of amides is 1. The van der Waals surface area contributed by atoms with E-state index < -0.39 is 12.0 Å². The molecule has 2 heterocycles. The molecule has 24 heavy (non-hydrogen) atoms. The fourth-order valence-corrected chi connectivity index (χ4v) is 2.92. The van der Waals surface area contributed by atoms with Crippen LogP contribution in [0.15, 0.2) is 30.5 Å². The molecule has 1 amide bonds. The number of hydrogen-bond acceptors (Lipinski definition) is 5. The number of hydrogen-bond donors (Lipinski definition) is 2. The van der Waals surface area contributed by atoms with Gasteiger partial charge in [-0.15, -0.1) is 0 Å². The summed E-state index contributed by atoms with van der Waals surface area (Å²) in [6, 6.07) is 5.18. The molecule has 7 heteroatoms. The first-order valence-corrected chi connectivity index (χ1v) is 7.82. The van der Waals surface area contributed by atoms with E-state index in [2.05, 4.69) is 10.4 Å². The number of nitrogens with one attached hydrogen (secondary N) is 1. The Balaban J connectivity index is 1.86. The van der Waals surface area contributed by atoms with Gasteiger partial charge in [-0.1, -0.05) is 12.1 Å². The van der Waals surface area contributed by atoms with Crippen LogP contribution in [0.25, 0.3) is 0 Å². The molecule has 1 atom stereocenters. The molecule has 0 fully saturated rings. The van der Waals surface area contributed by atoms with Crippen LogP contribution >= 0.6 is 0 Å². The predicted octanol–water partition coefficient (Wildman–Crippen LogP) is 1.57. The minimum absolute atomic E-state index is 0.0126. The number of phenolic OH excluding ortho intramolecular Hbond substituents is 1. The topological polar surface area (TPSA) is 93.5 Å². The second-order valence-electron chi connectivity index (χ2n) is 5.71. The van der Waals surface area contributed by atoms with E-state index in [1.807, 2.05) is 4.68 Å². The van der Waals surface area contributed by atoms with E-state index in [1.54, 1.807) is 12.1 Å². The van der Waals surface area contributed by atoms with Crippen LogP contribution in [-0.4, -0.2) is 33.9 Å². The third-order valence-electron chi connectivity index (χ3n) is 4.14. The van der Waals surface area contributed by atoms with Gasteiger partial charge >= 0.3 is 5.97 Å². The van der Waals surface area contributed by atoms with Crippen molar-refractivity contribution in [3.63, 3.8) is 0 Å². The first-order chi connectivity index (χ1) is 11.6. The van der Waals surface area contributed by atoms with Gasteiger partial charge in [-0.3, -0.25) is 9.48 Å². The number of fused-ring (bicyclic) bond motifs is 1. The normalized spacial score (nSPS) is 14.5.